The lowest BCUT2D eigenvalue weighted by Crippen LogP contribution is -2.20. The van der Waals surface area contributed by atoms with Crippen molar-refractivity contribution in [3.8, 4) is 0 Å². The fourth-order valence-electron chi connectivity index (χ4n) is 1.57. The van der Waals surface area contributed by atoms with E-state index in [-0.39, 0.29) is 0 Å². The van der Waals surface area contributed by atoms with Gasteiger partial charge in [0.2, 0.25) is 0 Å². The fraction of sp³-hybridized carbons (Fsp3) is 0.556. The van der Waals surface area contributed by atoms with Crippen molar-refractivity contribution in [3.63, 3.8) is 0 Å². The summed E-state index contributed by atoms with van der Waals surface area (Å²) in [7, 11) is 2.20. The van der Waals surface area contributed by atoms with Gasteiger partial charge in [-0.15, -0.1) is 11.3 Å². The molecule has 3 heteroatoms. The molecule has 0 N–H and O–H groups in total. The summed E-state index contributed by atoms with van der Waals surface area (Å²) in [5.41, 5.74) is 1.55. The molecule has 0 bridgehead atoms. The number of thiophene rings is 1. The van der Waals surface area contributed by atoms with E-state index >= 15 is 0 Å². The van der Waals surface area contributed by atoms with E-state index in [2.05, 4.69) is 33.9 Å². The quantitative estimate of drug-likeness (QED) is 0.680. The van der Waals surface area contributed by atoms with Gasteiger partial charge in [0.1, 0.15) is 0 Å². The Morgan fingerprint density at radius 2 is 2.17 bits per heavy atom. The van der Waals surface area contributed by atoms with Crippen LogP contribution in [0.5, 0.6) is 0 Å². The van der Waals surface area contributed by atoms with Gasteiger partial charge in [-0.3, -0.25) is 0 Å². The van der Waals surface area contributed by atoms with Gasteiger partial charge >= 0.3 is 0 Å². The van der Waals surface area contributed by atoms with Gasteiger partial charge in [0.25, 0.3) is 0 Å². The highest BCUT2D eigenvalue weighted by Crippen LogP contribution is 2.29. The van der Waals surface area contributed by atoms with E-state index in [1.165, 1.54) is 29.7 Å². The van der Waals surface area contributed by atoms with Gasteiger partial charge in [0.05, 0.1) is 3.79 Å². The van der Waals surface area contributed by atoms with Crippen LogP contribution in [-0.4, -0.2) is 25.0 Å². The maximum absolute atomic E-state index is 3.54. The van der Waals surface area contributed by atoms with E-state index in [4.69, 9.17) is 0 Å². The van der Waals surface area contributed by atoms with E-state index in [0.29, 0.717) is 0 Å². The second kappa shape index (κ2) is 3.48. The number of hydrogen-bond acceptors (Lipinski definition) is 2. The molecule has 0 radical (unpaired) electrons. The van der Waals surface area contributed by atoms with Crippen molar-refractivity contribution in [1.82, 2.24) is 4.90 Å². The van der Waals surface area contributed by atoms with Gasteiger partial charge in [0.15, 0.2) is 0 Å². The van der Waals surface area contributed by atoms with Gasteiger partial charge in [-0.05, 0) is 47.4 Å². The van der Waals surface area contributed by atoms with Crippen LogP contribution in [-0.2, 0) is 12.8 Å². The highest BCUT2D eigenvalue weighted by Gasteiger charge is 2.13. The number of fused-ring (bicyclic) bond motifs is 1. The average Bonchev–Trinajstić information content (AvgIpc) is 2.31. The van der Waals surface area contributed by atoms with Crippen LogP contribution in [0.1, 0.15) is 10.4 Å². The minimum Gasteiger partial charge on any atom is -0.306 e. The van der Waals surface area contributed by atoms with E-state index in [0.717, 1.165) is 0 Å². The number of likely N-dealkylation sites (N-methyl/N-ethyl adjacent to an activating group) is 1. The summed E-state index contributed by atoms with van der Waals surface area (Å²) in [6.07, 6.45) is 2.44. The molecule has 0 aromatic carbocycles. The Bertz CT molecular complexity index is 257. The van der Waals surface area contributed by atoms with Crippen LogP contribution in [0.2, 0.25) is 0 Å². The Morgan fingerprint density at radius 1 is 1.42 bits per heavy atom. The molecular formula is C9H12BrNS. The lowest BCUT2D eigenvalue weighted by Gasteiger charge is -2.11. The van der Waals surface area contributed by atoms with Crippen LogP contribution >= 0.6 is 27.3 Å². The van der Waals surface area contributed by atoms with Crippen molar-refractivity contribution in [2.75, 3.05) is 20.1 Å². The molecule has 1 aromatic rings. The largest absolute Gasteiger partial charge is 0.306 e. The molecule has 1 aromatic heterocycles. The molecule has 0 unspecified atom stereocenters. The third-order valence-corrected chi connectivity index (χ3v) is 4.09. The summed E-state index contributed by atoms with van der Waals surface area (Å²) in [6.45, 7) is 2.41. The van der Waals surface area contributed by atoms with E-state index in [1.807, 2.05) is 11.3 Å². The van der Waals surface area contributed by atoms with Gasteiger partial charge < -0.3 is 4.90 Å². The standard InChI is InChI=1S/C9H12BrNS/c1-11-4-2-7-6-9(10)12-8(7)3-5-11/h6H,2-5H2,1H3. The molecule has 12 heavy (non-hydrogen) atoms. The molecule has 0 amide bonds. The average molecular weight is 246 g/mol. The van der Waals surface area contributed by atoms with Crippen molar-refractivity contribution < 1.29 is 0 Å². The molecule has 2 rings (SSSR count). The maximum atomic E-state index is 3.54. The van der Waals surface area contributed by atoms with E-state index < -0.39 is 0 Å². The third kappa shape index (κ3) is 1.73. The molecule has 0 fully saturated rings. The molecule has 0 aliphatic carbocycles. The highest BCUT2D eigenvalue weighted by molar-refractivity contribution is 9.11. The second-order valence-electron chi connectivity index (χ2n) is 3.30. The second-order valence-corrected chi connectivity index (χ2v) is 5.82. The number of halogens is 1. The van der Waals surface area contributed by atoms with Gasteiger partial charge in [-0.2, -0.15) is 0 Å². The van der Waals surface area contributed by atoms with Crippen molar-refractivity contribution >= 4 is 27.3 Å². The first-order valence-electron chi connectivity index (χ1n) is 4.21. The minimum absolute atomic E-state index is 1.20. The van der Waals surface area contributed by atoms with Gasteiger partial charge in [-0.1, -0.05) is 0 Å². The van der Waals surface area contributed by atoms with Crippen molar-refractivity contribution in [3.05, 3.63) is 20.3 Å². The number of hydrogen-bond donors (Lipinski definition) is 0. The Kier molecular flexibility index (Phi) is 2.53. The van der Waals surface area contributed by atoms with Crippen molar-refractivity contribution in [1.29, 1.82) is 0 Å². The zero-order valence-corrected chi connectivity index (χ0v) is 9.54. The monoisotopic (exact) mass is 245 g/mol. The molecule has 0 saturated carbocycles. The Balaban J connectivity index is 2.24. The smallest absolute Gasteiger partial charge is 0.0704 e. The molecule has 1 nitrogen and oxygen atoms in total. The van der Waals surface area contributed by atoms with Crippen LogP contribution < -0.4 is 0 Å². The van der Waals surface area contributed by atoms with Crippen LogP contribution in [0.15, 0.2) is 9.85 Å². The molecular weight excluding hydrogens is 234 g/mol. The Labute approximate surface area is 85.5 Å². The summed E-state index contributed by atoms with van der Waals surface area (Å²) in [6, 6.07) is 2.28. The van der Waals surface area contributed by atoms with E-state index in [9.17, 15) is 0 Å². The molecule has 0 saturated heterocycles. The summed E-state index contributed by atoms with van der Waals surface area (Å²) in [4.78, 5) is 3.98. The summed E-state index contributed by atoms with van der Waals surface area (Å²) in [5.74, 6) is 0. The van der Waals surface area contributed by atoms with E-state index in [1.54, 1.807) is 10.4 Å². The van der Waals surface area contributed by atoms with Crippen LogP contribution in [0.3, 0.4) is 0 Å². The highest BCUT2D eigenvalue weighted by atomic mass is 79.9. The minimum atomic E-state index is 1.20. The van der Waals surface area contributed by atoms with Crippen LogP contribution in [0.25, 0.3) is 0 Å². The van der Waals surface area contributed by atoms with Crippen molar-refractivity contribution in [2.45, 2.75) is 12.8 Å². The van der Waals surface area contributed by atoms with Gasteiger partial charge in [-0.25, -0.2) is 0 Å². The Morgan fingerprint density at radius 3 is 3.00 bits per heavy atom. The fourth-order valence-corrected chi connectivity index (χ4v) is 3.35. The molecule has 66 valence electrons. The van der Waals surface area contributed by atoms with Crippen LogP contribution in [0, 0.1) is 0 Å². The first kappa shape index (κ1) is 8.73. The molecule has 1 aliphatic heterocycles. The van der Waals surface area contributed by atoms with Gasteiger partial charge in [0, 0.05) is 18.0 Å². The Hall–Kier alpha value is 0.140. The number of rotatable bonds is 0. The summed E-state index contributed by atoms with van der Waals surface area (Å²) < 4.78 is 1.29. The lowest BCUT2D eigenvalue weighted by molar-refractivity contribution is 0.352. The zero-order valence-electron chi connectivity index (χ0n) is 7.14. The first-order valence-corrected chi connectivity index (χ1v) is 5.82. The normalized spacial score (nSPS) is 18.8. The zero-order chi connectivity index (χ0) is 8.55. The summed E-state index contributed by atoms with van der Waals surface area (Å²) in [5, 5.41) is 0. The molecule has 0 spiro atoms. The SMILES string of the molecule is CN1CCc2cc(Br)sc2CC1. The predicted octanol–water partition coefficient (Wildman–Crippen LogP) is 2.54. The predicted molar refractivity (Wildman–Crippen MR) is 56.9 cm³/mol. The van der Waals surface area contributed by atoms with Crippen molar-refractivity contribution in [2.24, 2.45) is 0 Å². The topological polar surface area (TPSA) is 3.24 Å². The maximum Gasteiger partial charge on any atom is 0.0704 e. The molecule has 0 atom stereocenters. The molecule has 1 aliphatic rings. The number of nitrogens with zero attached hydrogens (tertiary/aromatic N) is 1. The molecule has 2 heterocycles. The lowest BCUT2D eigenvalue weighted by atomic mass is 10.2. The first-order chi connectivity index (χ1) is 5.75. The summed E-state index contributed by atoms with van der Waals surface area (Å²) >= 11 is 5.43. The van der Waals surface area contributed by atoms with Crippen LogP contribution in [0.4, 0.5) is 0 Å². The third-order valence-electron chi connectivity index (χ3n) is 2.35.